The average molecular weight is 410 g/mol. The minimum atomic E-state index is 0. The molecule has 0 fully saturated rings. The minimum Gasteiger partial charge on any atom is -0.356 e. The number of guanidine groups is 1. The number of nitrogens with one attached hydrogen (secondary N) is 2. The standard InChI is InChI=1S/C17H22N4.HI/c1-14(15-8-4-3-5-9-15)12-20-17(18-2)21-13-16-10-6-7-11-19-16;/h3-11,14H,12-13H2,1-2H3,(H2,18,20,21);1H. The lowest BCUT2D eigenvalue weighted by atomic mass is 10.0. The first-order valence-electron chi connectivity index (χ1n) is 7.19. The zero-order valence-corrected chi connectivity index (χ0v) is 15.3. The molecule has 0 radical (unpaired) electrons. The second-order valence-corrected chi connectivity index (χ2v) is 4.94. The third-order valence-electron chi connectivity index (χ3n) is 3.33. The van der Waals surface area contributed by atoms with Crippen molar-refractivity contribution in [1.82, 2.24) is 15.6 Å². The molecule has 2 aromatic rings. The van der Waals surface area contributed by atoms with Gasteiger partial charge in [-0.2, -0.15) is 0 Å². The molecule has 0 aliphatic rings. The molecule has 0 spiro atoms. The van der Waals surface area contributed by atoms with E-state index in [0.717, 1.165) is 18.2 Å². The molecule has 1 atom stereocenters. The number of hydrogen-bond acceptors (Lipinski definition) is 2. The van der Waals surface area contributed by atoms with Gasteiger partial charge in [-0.25, -0.2) is 0 Å². The fourth-order valence-electron chi connectivity index (χ4n) is 2.05. The first kappa shape index (κ1) is 18.4. The molecule has 0 bridgehead atoms. The van der Waals surface area contributed by atoms with Gasteiger partial charge in [0.2, 0.25) is 0 Å². The van der Waals surface area contributed by atoms with Crippen molar-refractivity contribution in [3.63, 3.8) is 0 Å². The molecule has 0 aliphatic heterocycles. The van der Waals surface area contributed by atoms with Crippen LogP contribution in [0.25, 0.3) is 0 Å². The van der Waals surface area contributed by atoms with Crippen LogP contribution in [0.1, 0.15) is 24.1 Å². The third kappa shape index (κ3) is 6.01. The lowest BCUT2D eigenvalue weighted by Gasteiger charge is -2.16. The molecule has 4 nitrogen and oxygen atoms in total. The summed E-state index contributed by atoms with van der Waals surface area (Å²) in [5, 5.41) is 6.62. The van der Waals surface area contributed by atoms with Crippen LogP contribution in [-0.4, -0.2) is 24.5 Å². The topological polar surface area (TPSA) is 49.3 Å². The Balaban J connectivity index is 0.00000242. The Bertz CT molecular complexity index is 557. The highest BCUT2D eigenvalue weighted by molar-refractivity contribution is 14.0. The van der Waals surface area contributed by atoms with Gasteiger partial charge in [0, 0.05) is 19.8 Å². The molecule has 2 N–H and O–H groups in total. The molecule has 0 amide bonds. The quantitative estimate of drug-likeness (QED) is 0.452. The van der Waals surface area contributed by atoms with E-state index in [0.29, 0.717) is 12.5 Å². The number of pyridine rings is 1. The van der Waals surface area contributed by atoms with Crippen LogP contribution in [-0.2, 0) is 6.54 Å². The maximum Gasteiger partial charge on any atom is 0.191 e. The van der Waals surface area contributed by atoms with Gasteiger partial charge in [-0.1, -0.05) is 43.3 Å². The fraction of sp³-hybridized carbons (Fsp3) is 0.294. The number of hydrogen-bond donors (Lipinski definition) is 2. The predicted molar refractivity (Wildman–Crippen MR) is 103 cm³/mol. The van der Waals surface area contributed by atoms with Gasteiger partial charge < -0.3 is 10.6 Å². The Hall–Kier alpha value is -1.63. The molecular weight excluding hydrogens is 387 g/mol. The van der Waals surface area contributed by atoms with Crippen molar-refractivity contribution >= 4 is 29.9 Å². The highest BCUT2D eigenvalue weighted by Crippen LogP contribution is 2.12. The molecule has 22 heavy (non-hydrogen) atoms. The maximum atomic E-state index is 4.28. The van der Waals surface area contributed by atoms with Crippen molar-refractivity contribution in [2.75, 3.05) is 13.6 Å². The zero-order chi connectivity index (χ0) is 14.9. The Morgan fingerprint density at radius 1 is 1.09 bits per heavy atom. The van der Waals surface area contributed by atoms with Crippen molar-refractivity contribution in [2.45, 2.75) is 19.4 Å². The molecule has 1 aromatic heterocycles. The number of rotatable bonds is 5. The average Bonchev–Trinajstić information content (AvgIpc) is 2.56. The number of nitrogens with zero attached hydrogens (tertiary/aromatic N) is 2. The van der Waals surface area contributed by atoms with Crippen molar-refractivity contribution in [1.29, 1.82) is 0 Å². The minimum absolute atomic E-state index is 0. The smallest absolute Gasteiger partial charge is 0.191 e. The van der Waals surface area contributed by atoms with Crippen LogP contribution < -0.4 is 10.6 Å². The van der Waals surface area contributed by atoms with Crippen LogP contribution in [0.4, 0.5) is 0 Å². The van der Waals surface area contributed by atoms with Gasteiger partial charge in [-0.05, 0) is 23.6 Å². The van der Waals surface area contributed by atoms with E-state index < -0.39 is 0 Å². The summed E-state index contributed by atoms with van der Waals surface area (Å²) in [6.07, 6.45) is 1.80. The molecular formula is C17H23IN4. The maximum absolute atomic E-state index is 4.28. The van der Waals surface area contributed by atoms with Gasteiger partial charge >= 0.3 is 0 Å². The molecule has 1 unspecified atom stereocenters. The van der Waals surface area contributed by atoms with E-state index >= 15 is 0 Å². The molecule has 1 aromatic carbocycles. The molecule has 0 saturated heterocycles. The van der Waals surface area contributed by atoms with Gasteiger partial charge in [-0.3, -0.25) is 9.98 Å². The fourth-order valence-corrected chi connectivity index (χ4v) is 2.05. The molecule has 118 valence electrons. The summed E-state index contributed by atoms with van der Waals surface area (Å²) in [5.41, 5.74) is 2.32. The second kappa shape index (κ2) is 10.2. The first-order chi connectivity index (χ1) is 10.3. The molecule has 5 heteroatoms. The van der Waals surface area contributed by atoms with Gasteiger partial charge in [0.15, 0.2) is 5.96 Å². The Labute approximate surface area is 149 Å². The van der Waals surface area contributed by atoms with Crippen LogP contribution >= 0.6 is 24.0 Å². The summed E-state index contributed by atoms with van der Waals surface area (Å²) in [5.74, 6) is 1.23. The Morgan fingerprint density at radius 3 is 2.45 bits per heavy atom. The van der Waals surface area contributed by atoms with Crippen LogP contribution in [0.5, 0.6) is 0 Å². The van der Waals surface area contributed by atoms with E-state index in [2.05, 4.69) is 51.8 Å². The second-order valence-electron chi connectivity index (χ2n) is 4.94. The van der Waals surface area contributed by atoms with Crippen LogP contribution in [0, 0.1) is 0 Å². The number of halogens is 1. The van der Waals surface area contributed by atoms with E-state index in [4.69, 9.17) is 0 Å². The van der Waals surface area contributed by atoms with Gasteiger partial charge in [0.1, 0.15) is 0 Å². The van der Waals surface area contributed by atoms with Gasteiger partial charge in [0.25, 0.3) is 0 Å². The zero-order valence-electron chi connectivity index (χ0n) is 13.0. The normalized spacial score (nSPS) is 12.2. The van der Waals surface area contributed by atoms with Crippen LogP contribution in [0.2, 0.25) is 0 Å². The summed E-state index contributed by atoms with van der Waals surface area (Å²) in [4.78, 5) is 8.52. The van der Waals surface area contributed by atoms with E-state index in [9.17, 15) is 0 Å². The Kier molecular flexibility index (Phi) is 8.50. The molecule has 0 aliphatic carbocycles. The molecule has 0 saturated carbocycles. The summed E-state index contributed by atoms with van der Waals surface area (Å²) in [6, 6.07) is 16.4. The highest BCUT2D eigenvalue weighted by atomic mass is 127. The van der Waals surface area contributed by atoms with Gasteiger partial charge in [-0.15, -0.1) is 24.0 Å². The summed E-state index contributed by atoms with van der Waals surface area (Å²) < 4.78 is 0. The van der Waals surface area contributed by atoms with Crippen molar-refractivity contribution in [3.05, 3.63) is 66.0 Å². The van der Waals surface area contributed by atoms with Crippen molar-refractivity contribution in [3.8, 4) is 0 Å². The first-order valence-corrected chi connectivity index (χ1v) is 7.19. The predicted octanol–water partition coefficient (Wildman–Crippen LogP) is 3.17. The van der Waals surface area contributed by atoms with E-state index in [1.54, 1.807) is 13.2 Å². The third-order valence-corrected chi connectivity index (χ3v) is 3.33. The largest absolute Gasteiger partial charge is 0.356 e. The Morgan fingerprint density at radius 2 is 1.82 bits per heavy atom. The number of benzene rings is 1. The van der Waals surface area contributed by atoms with Gasteiger partial charge in [0.05, 0.1) is 12.2 Å². The van der Waals surface area contributed by atoms with Crippen LogP contribution in [0.3, 0.4) is 0 Å². The van der Waals surface area contributed by atoms with Crippen molar-refractivity contribution in [2.24, 2.45) is 4.99 Å². The number of aromatic nitrogens is 1. The monoisotopic (exact) mass is 410 g/mol. The SMILES string of the molecule is CN=C(NCc1ccccn1)NCC(C)c1ccccc1.I. The van der Waals surface area contributed by atoms with E-state index in [1.165, 1.54) is 5.56 Å². The van der Waals surface area contributed by atoms with Crippen molar-refractivity contribution < 1.29 is 0 Å². The van der Waals surface area contributed by atoms with E-state index in [1.807, 2.05) is 24.3 Å². The summed E-state index contributed by atoms with van der Waals surface area (Å²) >= 11 is 0. The molecule has 2 rings (SSSR count). The lowest BCUT2D eigenvalue weighted by molar-refractivity contribution is 0.697. The highest BCUT2D eigenvalue weighted by Gasteiger charge is 2.06. The summed E-state index contributed by atoms with van der Waals surface area (Å²) in [7, 11) is 1.78. The van der Waals surface area contributed by atoms with E-state index in [-0.39, 0.29) is 24.0 Å². The van der Waals surface area contributed by atoms with Crippen LogP contribution in [0.15, 0.2) is 59.7 Å². The summed E-state index contributed by atoms with van der Waals surface area (Å²) in [6.45, 7) is 3.71. The number of aliphatic imine (C=N–C) groups is 1. The lowest BCUT2D eigenvalue weighted by Crippen LogP contribution is -2.38. The molecule has 1 heterocycles.